The van der Waals surface area contributed by atoms with Crippen LogP contribution in [-0.4, -0.2) is 56.1 Å². The van der Waals surface area contributed by atoms with E-state index in [1.807, 2.05) is 0 Å². The summed E-state index contributed by atoms with van der Waals surface area (Å²) in [5.74, 6) is 0.872. The molecule has 5 heteroatoms. The van der Waals surface area contributed by atoms with Crippen molar-refractivity contribution in [1.82, 2.24) is 0 Å². The van der Waals surface area contributed by atoms with Gasteiger partial charge >= 0.3 is 0 Å². The second-order valence-corrected chi connectivity index (χ2v) is 13.1. The lowest BCUT2D eigenvalue weighted by molar-refractivity contribution is -0.263. The first-order valence-electron chi connectivity index (χ1n) is 13.4. The van der Waals surface area contributed by atoms with Gasteiger partial charge in [-0.05, 0) is 84.9 Å². The number of fused-ring (bicyclic) bond motifs is 5. The number of aliphatic hydroxyl groups excluding tert-OH is 4. The van der Waals surface area contributed by atoms with Crippen LogP contribution in [-0.2, 0) is 0 Å². The number of allylic oxidation sites excluding steroid dienone is 2. The van der Waals surface area contributed by atoms with Crippen LogP contribution in [0.3, 0.4) is 0 Å². The Kier molecular flexibility index (Phi) is 6.90. The number of hydrogen-bond acceptors (Lipinski definition) is 5. The third-order valence-corrected chi connectivity index (χ3v) is 11.3. The molecule has 0 radical (unpaired) electrons. The summed E-state index contributed by atoms with van der Waals surface area (Å²) in [6, 6.07) is 0. The summed E-state index contributed by atoms with van der Waals surface area (Å²) in [5.41, 5.74) is -1.46. The van der Waals surface area contributed by atoms with Crippen LogP contribution in [0.1, 0.15) is 79.6 Å². The van der Waals surface area contributed by atoms with Crippen molar-refractivity contribution < 1.29 is 25.5 Å². The molecule has 33 heavy (non-hydrogen) atoms. The van der Waals surface area contributed by atoms with Gasteiger partial charge in [0, 0.05) is 18.9 Å². The van der Waals surface area contributed by atoms with Gasteiger partial charge < -0.3 is 25.5 Å². The second kappa shape index (κ2) is 8.89. The van der Waals surface area contributed by atoms with Gasteiger partial charge in [-0.2, -0.15) is 0 Å². The Morgan fingerprint density at radius 1 is 0.909 bits per heavy atom. The average molecular weight is 465 g/mol. The molecule has 5 N–H and O–H groups in total. The highest BCUT2D eigenvalue weighted by Crippen LogP contribution is 2.69. The molecule has 0 saturated heterocycles. The van der Waals surface area contributed by atoms with Crippen molar-refractivity contribution in [2.75, 3.05) is 6.61 Å². The average Bonchev–Trinajstić information content (AvgIpc) is 3.03. The minimum absolute atomic E-state index is 0.0158. The number of rotatable bonds is 5. The standard InChI is InChI=1S/C28H48O5/c1-16(18(3)15-29)6-7-17(2)20-13-22(31)25-27(20,5)11-9-24-26(4)10-8-19(30)12-21(26)23(32)14-28(24,25)33/h6-7,16-25,29-33H,8-15H2,1-5H3/b7-6+/t16?,17?,18?,19-,20?,21?,22+,23?,24?,25?,26-,27+,28-/m0/s1. The zero-order valence-electron chi connectivity index (χ0n) is 21.3. The molecule has 0 heterocycles. The van der Waals surface area contributed by atoms with E-state index in [0.717, 1.165) is 25.7 Å². The molecule has 13 atom stereocenters. The molecule has 4 aliphatic carbocycles. The lowest BCUT2D eigenvalue weighted by atomic mass is 9.42. The van der Waals surface area contributed by atoms with Crippen LogP contribution in [0.4, 0.5) is 0 Å². The molecule has 0 aromatic carbocycles. The van der Waals surface area contributed by atoms with Gasteiger partial charge in [-0.1, -0.05) is 46.8 Å². The van der Waals surface area contributed by atoms with Gasteiger partial charge in [-0.25, -0.2) is 0 Å². The summed E-state index contributed by atoms with van der Waals surface area (Å²) < 4.78 is 0. The Hall–Kier alpha value is -0.460. The molecular weight excluding hydrogens is 416 g/mol. The molecule has 0 aromatic heterocycles. The van der Waals surface area contributed by atoms with Crippen LogP contribution >= 0.6 is 0 Å². The van der Waals surface area contributed by atoms with Crippen molar-refractivity contribution in [3.05, 3.63) is 12.2 Å². The van der Waals surface area contributed by atoms with Gasteiger partial charge in [0.15, 0.2) is 0 Å². The molecule has 4 saturated carbocycles. The Bertz CT molecular complexity index is 740. The SMILES string of the molecule is CC(/C=C/C(C)C1C[C@@H](O)C2[C@]1(C)CCC1[C@@]3(C)CC[C@H](O)CC3C(O)C[C@]12O)C(C)CO. The van der Waals surface area contributed by atoms with Crippen molar-refractivity contribution in [2.24, 2.45) is 52.3 Å². The van der Waals surface area contributed by atoms with Crippen molar-refractivity contribution in [3.63, 3.8) is 0 Å². The maximum absolute atomic E-state index is 12.3. The Labute approximate surface area is 200 Å². The maximum atomic E-state index is 12.3. The van der Waals surface area contributed by atoms with Crippen LogP contribution in [0.2, 0.25) is 0 Å². The van der Waals surface area contributed by atoms with Crippen molar-refractivity contribution >= 4 is 0 Å². The van der Waals surface area contributed by atoms with Crippen LogP contribution < -0.4 is 0 Å². The van der Waals surface area contributed by atoms with Crippen molar-refractivity contribution in [3.8, 4) is 0 Å². The minimum Gasteiger partial charge on any atom is -0.396 e. The number of hydrogen-bond donors (Lipinski definition) is 5. The Morgan fingerprint density at radius 3 is 2.24 bits per heavy atom. The van der Waals surface area contributed by atoms with E-state index >= 15 is 0 Å². The van der Waals surface area contributed by atoms with Gasteiger partial charge in [-0.15, -0.1) is 0 Å². The number of aliphatic hydroxyl groups is 5. The van der Waals surface area contributed by atoms with Crippen LogP contribution in [0, 0.1) is 52.3 Å². The quantitative estimate of drug-likeness (QED) is 0.401. The summed E-state index contributed by atoms with van der Waals surface area (Å²) in [6.07, 6.45) is 7.95. The fourth-order valence-electron chi connectivity index (χ4n) is 9.18. The maximum Gasteiger partial charge on any atom is 0.0763 e. The lowest BCUT2D eigenvalue weighted by Crippen LogP contribution is -2.68. The molecule has 5 nitrogen and oxygen atoms in total. The molecule has 4 rings (SSSR count). The molecule has 0 amide bonds. The second-order valence-electron chi connectivity index (χ2n) is 13.1. The predicted molar refractivity (Wildman–Crippen MR) is 129 cm³/mol. The van der Waals surface area contributed by atoms with E-state index in [0.29, 0.717) is 25.2 Å². The van der Waals surface area contributed by atoms with Crippen LogP contribution in [0.25, 0.3) is 0 Å². The summed E-state index contributed by atoms with van der Waals surface area (Å²) in [5, 5.41) is 54.6. The summed E-state index contributed by atoms with van der Waals surface area (Å²) in [7, 11) is 0. The molecule has 4 aliphatic rings. The summed E-state index contributed by atoms with van der Waals surface area (Å²) in [6.45, 7) is 11.1. The third kappa shape index (κ3) is 3.94. The largest absolute Gasteiger partial charge is 0.396 e. The van der Waals surface area contributed by atoms with Crippen molar-refractivity contribution in [2.45, 2.75) is 103 Å². The Morgan fingerprint density at radius 2 is 1.58 bits per heavy atom. The summed E-state index contributed by atoms with van der Waals surface area (Å²) >= 11 is 0. The van der Waals surface area contributed by atoms with Gasteiger partial charge in [-0.3, -0.25) is 0 Å². The highest BCUT2D eigenvalue weighted by atomic mass is 16.3. The van der Waals surface area contributed by atoms with Gasteiger partial charge in [0.05, 0.1) is 23.9 Å². The normalized spacial score (nSPS) is 52.6. The lowest BCUT2D eigenvalue weighted by Gasteiger charge is -2.66. The molecule has 0 aromatic rings. The van der Waals surface area contributed by atoms with E-state index < -0.39 is 17.8 Å². The van der Waals surface area contributed by atoms with Crippen LogP contribution in [0.5, 0.6) is 0 Å². The zero-order chi connectivity index (χ0) is 24.3. The highest BCUT2D eigenvalue weighted by molar-refractivity contribution is 5.20. The molecule has 0 aliphatic heterocycles. The van der Waals surface area contributed by atoms with E-state index in [1.54, 1.807) is 0 Å². The van der Waals surface area contributed by atoms with Gasteiger partial charge in [0.2, 0.25) is 0 Å². The molecule has 0 spiro atoms. The smallest absolute Gasteiger partial charge is 0.0763 e. The fourth-order valence-corrected chi connectivity index (χ4v) is 9.18. The van der Waals surface area contributed by atoms with E-state index in [9.17, 15) is 25.5 Å². The summed E-state index contributed by atoms with van der Waals surface area (Å²) in [4.78, 5) is 0. The first-order valence-corrected chi connectivity index (χ1v) is 13.4. The minimum atomic E-state index is -1.07. The molecule has 4 fully saturated rings. The monoisotopic (exact) mass is 464 g/mol. The van der Waals surface area contributed by atoms with Gasteiger partial charge in [0.1, 0.15) is 0 Å². The molecule has 8 unspecified atom stereocenters. The zero-order valence-corrected chi connectivity index (χ0v) is 21.3. The molecular formula is C28H48O5. The van der Waals surface area contributed by atoms with Crippen LogP contribution in [0.15, 0.2) is 12.2 Å². The first-order chi connectivity index (χ1) is 15.4. The van der Waals surface area contributed by atoms with E-state index in [4.69, 9.17) is 0 Å². The highest BCUT2D eigenvalue weighted by Gasteiger charge is 2.70. The van der Waals surface area contributed by atoms with E-state index in [1.165, 1.54) is 0 Å². The molecule has 190 valence electrons. The predicted octanol–water partition coefficient (Wildman–Crippen LogP) is 3.52. The van der Waals surface area contributed by atoms with Crippen molar-refractivity contribution in [1.29, 1.82) is 0 Å². The Balaban J connectivity index is 1.61. The molecule has 0 bridgehead atoms. The van der Waals surface area contributed by atoms with E-state index in [-0.39, 0.29) is 59.0 Å². The first kappa shape index (κ1) is 25.6. The van der Waals surface area contributed by atoms with Gasteiger partial charge in [0.25, 0.3) is 0 Å². The van der Waals surface area contributed by atoms with E-state index in [2.05, 4.69) is 46.8 Å². The third-order valence-electron chi connectivity index (χ3n) is 11.3. The topological polar surface area (TPSA) is 101 Å². The fraction of sp³-hybridized carbons (Fsp3) is 0.929.